The molecule has 0 unspecified atom stereocenters. The molecule has 3 aromatic rings. The number of carbonyl (C=O) groups excluding carboxylic acids is 2. The van der Waals surface area contributed by atoms with Gasteiger partial charge in [-0.1, -0.05) is 36.4 Å². The molecule has 132 valence electrons. The van der Waals surface area contributed by atoms with Crippen molar-refractivity contribution < 1.29 is 18.7 Å². The summed E-state index contributed by atoms with van der Waals surface area (Å²) in [7, 11) is 0. The van der Waals surface area contributed by atoms with Crippen LogP contribution in [0.3, 0.4) is 0 Å². The Hall–Kier alpha value is -3.61. The fourth-order valence-corrected chi connectivity index (χ4v) is 2.13. The molecule has 0 atom stereocenters. The third-order valence-corrected chi connectivity index (χ3v) is 3.39. The van der Waals surface area contributed by atoms with Crippen molar-refractivity contribution in [2.24, 2.45) is 0 Å². The Bertz CT molecular complexity index is 863. The molecule has 3 rings (SSSR count). The number of anilines is 1. The van der Waals surface area contributed by atoms with Gasteiger partial charge in [-0.25, -0.2) is 0 Å². The normalized spacial score (nSPS) is 10.2. The van der Waals surface area contributed by atoms with Gasteiger partial charge < -0.3 is 14.5 Å². The second kappa shape index (κ2) is 8.48. The van der Waals surface area contributed by atoms with E-state index in [0.717, 1.165) is 5.75 Å². The van der Waals surface area contributed by atoms with E-state index in [2.05, 4.69) is 15.6 Å². The first kappa shape index (κ1) is 17.2. The number of rotatable bonds is 7. The number of oxazole rings is 1. The zero-order chi connectivity index (χ0) is 18.2. The van der Waals surface area contributed by atoms with Crippen LogP contribution in [-0.4, -0.2) is 29.9 Å². The summed E-state index contributed by atoms with van der Waals surface area (Å²) in [6.45, 7) is 0.636. The SMILES string of the molecule is O=C(Nc1nc(C(=O)NCCOc2ccccc2)co1)c1ccccc1. The number of aromatic nitrogens is 1. The van der Waals surface area contributed by atoms with E-state index >= 15 is 0 Å². The van der Waals surface area contributed by atoms with Gasteiger partial charge in [0.1, 0.15) is 18.6 Å². The first-order chi connectivity index (χ1) is 12.7. The molecule has 0 fully saturated rings. The Morgan fingerprint density at radius 2 is 1.65 bits per heavy atom. The van der Waals surface area contributed by atoms with Crippen LogP contribution in [0.1, 0.15) is 20.8 Å². The molecule has 2 amide bonds. The van der Waals surface area contributed by atoms with Gasteiger partial charge in [0.15, 0.2) is 5.69 Å². The van der Waals surface area contributed by atoms with Gasteiger partial charge in [-0.15, -0.1) is 0 Å². The minimum Gasteiger partial charge on any atom is -0.492 e. The maximum atomic E-state index is 12.0. The fraction of sp³-hybridized carbons (Fsp3) is 0.105. The molecule has 0 saturated heterocycles. The van der Waals surface area contributed by atoms with Crippen LogP contribution in [0.4, 0.5) is 6.01 Å². The average Bonchev–Trinajstić information content (AvgIpc) is 3.15. The number of para-hydroxylation sites is 1. The summed E-state index contributed by atoms with van der Waals surface area (Å²) in [5, 5.41) is 5.17. The fourth-order valence-electron chi connectivity index (χ4n) is 2.13. The number of ether oxygens (including phenoxy) is 1. The van der Waals surface area contributed by atoms with Crippen molar-refractivity contribution in [2.45, 2.75) is 0 Å². The molecule has 26 heavy (non-hydrogen) atoms. The van der Waals surface area contributed by atoms with Crippen LogP contribution in [0.2, 0.25) is 0 Å². The highest BCUT2D eigenvalue weighted by Gasteiger charge is 2.14. The molecule has 0 radical (unpaired) electrons. The summed E-state index contributed by atoms with van der Waals surface area (Å²) < 4.78 is 10.6. The number of benzene rings is 2. The summed E-state index contributed by atoms with van der Waals surface area (Å²) in [5.74, 6) is -0.0459. The van der Waals surface area contributed by atoms with Gasteiger partial charge in [0.25, 0.3) is 11.8 Å². The van der Waals surface area contributed by atoms with Gasteiger partial charge in [-0.05, 0) is 24.3 Å². The van der Waals surface area contributed by atoms with Crippen LogP contribution in [0.5, 0.6) is 5.75 Å². The third-order valence-electron chi connectivity index (χ3n) is 3.39. The molecule has 1 heterocycles. The molecule has 0 aliphatic heterocycles. The standard InChI is InChI=1S/C19H17N3O4/c23-17(14-7-3-1-4-8-14)22-19-21-16(13-26-19)18(24)20-11-12-25-15-9-5-2-6-10-15/h1-10,13H,11-12H2,(H,20,24)(H,21,22,23). The quantitative estimate of drug-likeness (QED) is 0.639. The van der Waals surface area contributed by atoms with Crippen LogP contribution in [-0.2, 0) is 0 Å². The molecule has 0 aliphatic carbocycles. The van der Waals surface area contributed by atoms with E-state index in [4.69, 9.17) is 9.15 Å². The van der Waals surface area contributed by atoms with Gasteiger partial charge in [-0.2, -0.15) is 4.98 Å². The number of hydrogen-bond acceptors (Lipinski definition) is 5. The number of amides is 2. The van der Waals surface area contributed by atoms with Gasteiger partial charge in [0, 0.05) is 5.56 Å². The lowest BCUT2D eigenvalue weighted by Crippen LogP contribution is -2.28. The minimum atomic E-state index is -0.411. The van der Waals surface area contributed by atoms with E-state index in [1.54, 1.807) is 24.3 Å². The van der Waals surface area contributed by atoms with Gasteiger partial charge in [0.2, 0.25) is 0 Å². The number of hydrogen-bond donors (Lipinski definition) is 2. The van der Waals surface area contributed by atoms with E-state index < -0.39 is 5.91 Å². The van der Waals surface area contributed by atoms with Crippen molar-refractivity contribution in [3.8, 4) is 5.75 Å². The van der Waals surface area contributed by atoms with Crippen LogP contribution in [0.15, 0.2) is 71.3 Å². The summed E-state index contributed by atoms with van der Waals surface area (Å²) >= 11 is 0. The smallest absolute Gasteiger partial charge is 0.302 e. The molecular formula is C19H17N3O4. The molecule has 2 N–H and O–H groups in total. The summed E-state index contributed by atoms with van der Waals surface area (Å²) in [6.07, 6.45) is 1.19. The molecule has 2 aromatic carbocycles. The third kappa shape index (κ3) is 4.70. The maximum absolute atomic E-state index is 12.0. The molecule has 0 aliphatic rings. The molecule has 0 bridgehead atoms. The summed E-state index contributed by atoms with van der Waals surface area (Å²) in [4.78, 5) is 28.0. The van der Waals surface area contributed by atoms with Crippen molar-refractivity contribution in [1.82, 2.24) is 10.3 Å². The van der Waals surface area contributed by atoms with Crippen molar-refractivity contribution in [3.63, 3.8) is 0 Å². The van der Waals surface area contributed by atoms with Crippen molar-refractivity contribution in [3.05, 3.63) is 78.2 Å². The predicted octanol–water partition coefficient (Wildman–Crippen LogP) is 2.74. The topological polar surface area (TPSA) is 93.5 Å². The lowest BCUT2D eigenvalue weighted by atomic mass is 10.2. The largest absolute Gasteiger partial charge is 0.492 e. The van der Waals surface area contributed by atoms with Crippen molar-refractivity contribution in [1.29, 1.82) is 0 Å². The Morgan fingerprint density at radius 1 is 0.962 bits per heavy atom. The monoisotopic (exact) mass is 351 g/mol. The summed E-state index contributed by atoms with van der Waals surface area (Å²) in [5.41, 5.74) is 0.544. The highest BCUT2D eigenvalue weighted by molar-refractivity contribution is 6.03. The van der Waals surface area contributed by atoms with Crippen LogP contribution < -0.4 is 15.4 Å². The Morgan fingerprint density at radius 3 is 2.38 bits per heavy atom. The zero-order valence-electron chi connectivity index (χ0n) is 13.8. The molecule has 0 spiro atoms. The van der Waals surface area contributed by atoms with Crippen LogP contribution in [0.25, 0.3) is 0 Å². The second-order valence-electron chi connectivity index (χ2n) is 5.28. The minimum absolute atomic E-state index is 0.0375. The zero-order valence-corrected chi connectivity index (χ0v) is 13.8. The molecule has 7 heteroatoms. The molecule has 7 nitrogen and oxygen atoms in total. The number of carbonyl (C=O) groups is 2. The Kier molecular flexibility index (Phi) is 5.61. The summed E-state index contributed by atoms with van der Waals surface area (Å²) in [6, 6.07) is 17.9. The maximum Gasteiger partial charge on any atom is 0.302 e. The highest BCUT2D eigenvalue weighted by Crippen LogP contribution is 2.10. The Labute approximate surface area is 150 Å². The average molecular weight is 351 g/mol. The van der Waals surface area contributed by atoms with E-state index in [9.17, 15) is 9.59 Å². The van der Waals surface area contributed by atoms with Crippen molar-refractivity contribution >= 4 is 17.8 Å². The van der Waals surface area contributed by atoms with Gasteiger partial charge in [0.05, 0.1) is 6.54 Å². The predicted molar refractivity (Wildman–Crippen MR) is 95.2 cm³/mol. The van der Waals surface area contributed by atoms with Gasteiger partial charge >= 0.3 is 6.01 Å². The van der Waals surface area contributed by atoms with Crippen molar-refractivity contribution in [2.75, 3.05) is 18.5 Å². The number of nitrogens with one attached hydrogen (secondary N) is 2. The first-order valence-electron chi connectivity index (χ1n) is 8.00. The van der Waals surface area contributed by atoms with E-state index in [1.165, 1.54) is 6.26 Å². The van der Waals surface area contributed by atoms with E-state index in [1.807, 2.05) is 36.4 Å². The van der Waals surface area contributed by atoms with E-state index in [0.29, 0.717) is 18.7 Å². The van der Waals surface area contributed by atoms with Gasteiger partial charge in [-0.3, -0.25) is 14.9 Å². The van der Waals surface area contributed by atoms with Crippen LogP contribution >= 0.6 is 0 Å². The molecule has 0 saturated carbocycles. The van der Waals surface area contributed by atoms with Crippen LogP contribution in [0, 0.1) is 0 Å². The lowest BCUT2D eigenvalue weighted by Gasteiger charge is -2.06. The molecular weight excluding hydrogens is 334 g/mol. The van der Waals surface area contributed by atoms with E-state index in [-0.39, 0.29) is 17.6 Å². The lowest BCUT2D eigenvalue weighted by molar-refractivity contribution is 0.0941. The Balaban J connectivity index is 1.46. The molecule has 1 aromatic heterocycles. The first-order valence-corrected chi connectivity index (χ1v) is 8.00. The number of nitrogens with zero attached hydrogens (tertiary/aromatic N) is 1. The second-order valence-corrected chi connectivity index (χ2v) is 5.28. The highest BCUT2D eigenvalue weighted by atomic mass is 16.5.